The van der Waals surface area contributed by atoms with E-state index in [2.05, 4.69) is 35.4 Å². The van der Waals surface area contributed by atoms with E-state index in [0.717, 1.165) is 44.7 Å². The Morgan fingerprint density at radius 1 is 1.50 bits per heavy atom. The fourth-order valence-corrected chi connectivity index (χ4v) is 2.39. The number of nitrogens with zero attached hydrogens (tertiary/aromatic N) is 3. The van der Waals surface area contributed by atoms with Crippen LogP contribution < -0.4 is 5.32 Å². The molecule has 2 rings (SSSR count). The number of likely N-dealkylation sites (N-methyl/N-ethyl adjacent to an activating group) is 1. The van der Waals surface area contributed by atoms with E-state index in [9.17, 15) is 4.79 Å². The van der Waals surface area contributed by atoms with E-state index in [4.69, 9.17) is 0 Å². The highest BCUT2D eigenvalue weighted by molar-refractivity contribution is 5.89. The number of anilines is 1. The van der Waals surface area contributed by atoms with Crippen LogP contribution in [0.1, 0.15) is 32.6 Å². The number of amides is 1. The molecule has 1 aliphatic heterocycles. The summed E-state index contributed by atoms with van der Waals surface area (Å²) < 4.78 is 1.87. The minimum Gasteiger partial charge on any atom is -0.311 e. The van der Waals surface area contributed by atoms with Gasteiger partial charge in [-0.1, -0.05) is 19.4 Å². The fourth-order valence-electron chi connectivity index (χ4n) is 2.39. The van der Waals surface area contributed by atoms with Gasteiger partial charge in [0.2, 0.25) is 5.91 Å². The molecule has 0 fully saturated rings. The van der Waals surface area contributed by atoms with Gasteiger partial charge in [-0.3, -0.25) is 4.79 Å². The summed E-state index contributed by atoms with van der Waals surface area (Å²) in [6, 6.07) is 1.86. The molecule has 1 amide bonds. The number of rotatable bonds is 6. The number of aromatic nitrogens is 2. The highest BCUT2D eigenvalue weighted by atomic mass is 16.1. The van der Waals surface area contributed by atoms with Gasteiger partial charge in [0.05, 0.1) is 12.7 Å². The molecular weight excluding hydrogens is 252 g/mol. The van der Waals surface area contributed by atoms with Crippen LogP contribution in [0.25, 0.3) is 0 Å². The second-order valence-electron chi connectivity index (χ2n) is 5.41. The van der Waals surface area contributed by atoms with Crippen molar-refractivity contribution in [1.82, 2.24) is 14.7 Å². The molecule has 110 valence electrons. The van der Waals surface area contributed by atoms with Crippen LogP contribution >= 0.6 is 0 Å². The van der Waals surface area contributed by atoms with Crippen LogP contribution in [0, 0.1) is 0 Å². The van der Waals surface area contributed by atoms with Crippen molar-refractivity contribution in [2.24, 2.45) is 0 Å². The van der Waals surface area contributed by atoms with E-state index in [1.54, 1.807) is 6.20 Å². The molecule has 0 aromatic carbocycles. The van der Waals surface area contributed by atoms with Gasteiger partial charge in [-0.05, 0) is 25.5 Å². The van der Waals surface area contributed by atoms with Crippen molar-refractivity contribution in [3.8, 4) is 0 Å². The molecule has 1 N–H and O–H groups in total. The summed E-state index contributed by atoms with van der Waals surface area (Å²) in [6.45, 7) is 4.93. The zero-order chi connectivity index (χ0) is 14.4. The lowest BCUT2D eigenvalue weighted by Crippen LogP contribution is -2.27. The lowest BCUT2D eigenvalue weighted by atomic mass is 10.1. The SMILES string of the molecule is CCCCC(=O)Nc1ccnn1CC1=CCCN(C)C1. The van der Waals surface area contributed by atoms with Gasteiger partial charge in [0.25, 0.3) is 0 Å². The Labute approximate surface area is 120 Å². The number of carbonyl (C=O) groups excluding carboxylic acids is 1. The summed E-state index contributed by atoms with van der Waals surface area (Å²) in [7, 11) is 2.13. The molecular formula is C15H24N4O. The first kappa shape index (κ1) is 14.8. The van der Waals surface area contributed by atoms with E-state index < -0.39 is 0 Å². The van der Waals surface area contributed by atoms with Crippen molar-refractivity contribution in [3.05, 3.63) is 23.9 Å². The topological polar surface area (TPSA) is 50.2 Å². The minimum atomic E-state index is 0.0725. The van der Waals surface area contributed by atoms with E-state index in [1.807, 2.05) is 10.7 Å². The van der Waals surface area contributed by atoms with Crippen molar-refractivity contribution in [1.29, 1.82) is 0 Å². The van der Waals surface area contributed by atoms with Crippen LogP contribution in [0.15, 0.2) is 23.9 Å². The standard InChI is InChI=1S/C15H24N4O/c1-3-4-7-15(20)17-14-8-9-16-19(14)12-13-6-5-10-18(2)11-13/h6,8-9H,3-5,7,10-12H2,1-2H3,(H,17,20). The molecule has 0 unspecified atom stereocenters. The molecule has 0 spiro atoms. The predicted octanol–water partition coefficient (Wildman–Crippen LogP) is 2.27. The Morgan fingerprint density at radius 2 is 2.35 bits per heavy atom. The van der Waals surface area contributed by atoms with Crippen molar-refractivity contribution >= 4 is 11.7 Å². The Hall–Kier alpha value is -1.62. The lowest BCUT2D eigenvalue weighted by molar-refractivity contribution is -0.116. The molecule has 0 aliphatic carbocycles. The van der Waals surface area contributed by atoms with Crippen LogP contribution in [0.4, 0.5) is 5.82 Å². The van der Waals surface area contributed by atoms with Gasteiger partial charge in [0.1, 0.15) is 5.82 Å². The lowest BCUT2D eigenvalue weighted by Gasteiger charge is -2.23. The molecule has 0 saturated carbocycles. The maximum Gasteiger partial charge on any atom is 0.225 e. The van der Waals surface area contributed by atoms with Crippen LogP contribution in [0.2, 0.25) is 0 Å². The number of hydrogen-bond acceptors (Lipinski definition) is 3. The Bertz CT molecular complexity index is 478. The fraction of sp³-hybridized carbons (Fsp3) is 0.600. The highest BCUT2D eigenvalue weighted by Gasteiger charge is 2.12. The molecule has 1 aromatic rings. The molecule has 0 atom stereocenters. The first-order chi connectivity index (χ1) is 9.69. The van der Waals surface area contributed by atoms with Gasteiger partial charge in [-0.25, -0.2) is 4.68 Å². The molecule has 5 heteroatoms. The largest absolute Gasteiger partial charge is 0.311 e. The van der Waals surface area contributed by atoms with Crippen molar-refractivity contribution in [2.45, 2.75) is 39.2 Å². The molecule has 1 aliphatic rings. The number of hydrogen-bond donors (Lipinski definition) is 1. The molecule has 2 heterocycles. The van der Waals surface area contributed by atoms with Crippen LogP contribution in [-0.2, 0) is 11.3 Å². The zero-order valence-electron chi connectivity index (χ0n) is 12.4. The van der Waals surface area contributed by atoms with Gasteiger partial charge < -0.3 is 10.2 Å². The predicted molar refractivity (Wildman–Crippen MR) is 80.6 cm³/mol. The summed E-state index contributed by atoms with van der Waals surface area (Å²) in [5.41, 5.74) is 1.35. The summed E-state index contributed by atoms with van der Waals surface area (Å²) in [6.07, 6.45) is 7.65. The van der Waals surface area contributed by atoms with Crippen molar-refractivity contribution in [2.75, 3.05) is 25.5 Å². The molecule has 0 bridgehead atoms. The van der Waals surface area contributed by atoms with E-state index >= 15 is 0 Å². The summed E-state index contributed by atoms with van der Waals surface area (Å²) in [5, 5.41) is 7.26. The second-order valence-corrected chi connectivity index (χ2v) is 5.41. The molecule has 20 heavy (non-hydrogen) atoms. The Morgan fingerprint density at radius 3 is 3.10 bits per heavy atom. The molecule has 1 aromatic heterocycles. The Kier molecular flexibility index (Phi) is 5.35. The molecule has 0 radical (unpaired) electrons. The number of nitrogens with one attached hydrogen (secondary N) is 1. The van der Waals surface area contributed by atoms with Crippen molar-refractivity contribution < 1.29 is 4.79 Å². The zero-order valence-corrected chi connectivity index (χ0v) is 12.4. The smallest absolute Gasteiger partial charge is 0.225 e. The summed E-state index contributed by atoms with van der Waals surface area (Å²) in [5.74, 6) is 0.864. The summed E-state index contributed by atoms with van der Waals surface area (Å²) in [4.78, 5) is 14.1. The monoisotopic (exact) mass is 276 g/mol. The van der Waals surface area contributed by atoms with E-state index in [-0.39, 0.29) is 5.91 Å². The minimum absolute atomic E-state index is 0.0725. The Balaban J connectivity index is 1.94. The third-order valence-corrected chi connectivity index (χ3v) is 3.51. The molecule has 0 saturated heterocycles. The van der Waals surface area contributed by atoms with Gasteiger partial charge in [-0.15, -0.1) is 0 Å². The van der Waals surface area contributed by atoms with Gasteiger partial charge in [-0.2, -0.15) is 5.10 Å². The van der Waals surface area contributed by atoms with E-state index in [1.165, 1.54) is 5.57 Å². The first-order valence-corrected chi connectivity index (χ1v) is 7.37. The quantitative estimate of drug-likeness (QED) is 0.811. The van der Waals surface area contributed by atoms with Gasteiger partial charge >= 0.3 is 0 Å². The first-order valence-electron chi connectivity index (χ1n) is 7.37. The summed E-state index contributed by atoms with van der Waals surface area (Å²) >= 11 is 0. The maximum absolute atomic E-state index is 11.8. The average molecular weight is 276 g/mol. The normalized spacial score (nSPS) is 16.0. The van der Waals surface area contributed by atoms with Crippen LogP contribution in [-0.4, -0.2) is 40.7 Å². The molecule has 5 nitrogen and oxygen atoms in total. The van der Waals surface area contributed by atoms with Gasteiger partial charge in [0, 0.05) is 25.6 Å². The third kappa shape index (κ3) is 4.20. The third-order valence-electron chi connectivity index (χ3n) is 3.51. The van der Waals surface area contributed by atoms with Crippen LogP contribution in [0.3, 0.4) is 0 Å². The van der Waals surface area contributed by atoms with Gasteiger partial charge in [0.15, 0.2) is 0 Å². The van der Waals surface area contributed by atoms with Crippen LogP contribution in [0.5, 0.6) is 0 Å². The second kappa shape index (κ2) is 7.24. The van der Waals surface area contributed by atoms with Crippen molar-refractivity contribution in [3.63, 3.8) is 0 Å². The number of carbonyl (C=O) groups is 1. The maximum atomic E-state index is 11.8. The van der Waals surface area contributed by atoms with E-state index in [0.29, 0.717) is 6.42 Å². The average Bonchev–Trinajstić information content (AvgIpc) is 2.83. The number of unbranched alkanes of at least 4 members (excludes halogenated alkanes) is 1. The highest BCUT2D eigenvalue weighted by Crippen LogP contribution is 2.14.